The number of rotatable bonds is 4. The summed E-state index contributed by atoms with van der Waals surface area (Å²) >= 11 is 6.49. The Morgan fingerprint density at radius 1 is 0.750 bits per heavy atom. The molecule has 6 rings (SSSR count). The normalized spacial score (nSPS) is 11.6. The fraction of sp³-hybridized carbons (Fsp3) is 0.0333. The number of aromatic nitrogens is 3. The molecule has 0 saturated heterocycles. The van der Waals surface area contributed by atoms with E-state index in [4.69, 9.17) is 36.7 Å². The molecule has 36 heavy (non-hydrogen) atoms. The first-order chi connectivity index (χ1) is 17.6. The lowest BCUT2D eigenvalue weighted by Gasteiger charge is -2.10. The minimum atomic E-state index is 0.296. The van der Waals surface area contributed by atoms with Crippen LogP contribution < -0.4 is 5.73 Å². The zero-order valence-electron chi connectivity index (χ0n) is 19.4. The molecular formula is C30H21ClN4O. The number of nitrogens with two attached hydrogens (primary N) is 1. The van der Waals surface area contributed by atoms with Crippen molar-refractivity contribution in [2.45, 2.75) is 6.92 Å². The molecule has 6 heteroatoms. The van der Waals surface area contributed by atoms with Gasteiger partial charge in [0.25, 0.3) is 0 Å². The van der Waals surface area contributed by atoms with Gasteiger partial charge in [-0.15, -0.1) is 0 Å². The van der Waals surface area contributed by atoms with Crippen LogP contribution in [0.25, 0.3) is 62.0 Å². The summed E-state index contributed by atoms with van der Waals surface area (Å²) in [5.74, 6) is 1.97. The van der Waals surface area contributed by atoms with Crippen molar-refractivity contribution in [2.75, 3.05) is 5.73 Å². The number of fused-ring (bicyclic) bond motifs is 2. The van der Waals surface area contributed by atoms with Gasteiger partial charge in [0, 0.05) is 27.6 Å². The quantitative estimate of drug-likeness (QED) is 0.271. The maximum absolute atomic E-state index is 6.49. The Bertz CT molecular complexity index is 1770. The van der Waals surface area contributed by atoms with Crippen molar-refractivity contribution in [1.29, 1.82) is 0 Å². The second-order valence-electron chi connectivity index (χ2n) is 8.41. The maximum Gasteiger partial charge on any atom is 0.199 e. The molecule has 0 atom stereocenters. The average Bonchev–Trinajstić information content (AvgIpc) is 3.25. The van der Waals surface area contributed by atoms with Gasteiger partial charge in [-0.05, 0) is 35.9 Å². The van der Waals surface area contributed by atoms with Gasteiger partial charge in [-0.2, -0.15) is 0 Å². The third-order valence-electron chi connectivity index (χ3n) is 6.11. The molecule has 2 aromatic heterocycles. The summed E-state index contributed by atoms with van der Waals surface area (Å²) in [6.07, 6.45) is 3.82. The molecule has 0 bridgehead atoms. The Morgan fingerprint density at radius 2 is 1.44 bits per heavy atom. The highest BCUT2D eigenvalue weighted by molar-refractivity contribution is 6.35. The highest BCUT2D eigenvalue weighted by Gasteiger charge is 2.21. The molecule has 0 radical (unpaired) electrons. The number of furan rings is 1. The summed E-state index contributed by atoms with van der Waals surface area (Å²) in [5.41, 5.74) is 10.0. The number of halogens is 1. The minimum Gasteiger partial charge on any atom is -0.439 e. The van der Waals surface area contributed by atoms with Crippen LogP contribution in [0.4, 0.5) is 5.88 Å². The van der Waals surface area contributed by atoms with Crippen LogP contribution >= 0.6 is 11.6 Å². The Labute approximate surface area is 212 Å². The Hall–Kier alpha value is -4.48. The van der Waals surface area contributed by atoms with Crippen LogP contribution in [-0.2, 0) is 0 Å². The van der Waals surface area contributed by atoms with E-state index in [1.54, 1.807) is 6.07 Å². The topological polar surface area (TPSA) is 77.8 Å². The zero-order chi connectivity index (χ0) is 24.6. The summed E-state index contributed by atoms with van der Waals surface area (Å²) in [7, 11) is 0. The van der Waals surface area contributed by atoms with Crippen LogP contribution in [0.1, 0.15) is 12.5 Å². The number of anilines is 1. The minimum absolute atomic E-state index is 0.296. The molecule has 0 aliphatic carbocycles. The SMILES string of the molecule is C/C=C\c1c(N)oc2c(Cl)ccc(-c3nc(-c4ccccc4)nc(-c4ccc5ccccc5c4)n3)c12. The van der Waals surface area contributed by atoms with Crippen LogP contribution in [0.3, 0.4) is 0 Å². The monoisotopic (exact) mass is 488 g/mol. The van der Waals surface area contributed by atoms with Crippen LogP contribution in [0.15, 0.2) is 95.4 Å². The van der Waals surface area contributed by atoms with Gasteiger partial charge in [0.2, 0.25) is 0 Å². The fourth-order valence-electron chi connectivity index (χ4n) is 4.40. The van der Waals surface area contributed by atoms with Gasteiger partial charge in [0.15, 0.2) is 28.9 Å². The molecule has 4 aromatic carbocycles. The molecule has 0 aliphatic rings. The molecule has 0 amide bonds. The summed E-state index contributed by atoms with van der Waals surface area (Å²) in [5, 5.41) is 3.52. The van der Waals surface area contributed by atoms with Gasteiger partial charge in [0.05, 0.1) is 5.02 Å². The smallest absolute Gasteiger partial charge is 0.199 e. The summed E-state index contributed by atoms with van der Waals surface area (Å²) < 4.78 is 5.85. The number of benzene rings is 4. The second kappa shape index (κ2) is 8.95. The molecule has 0 saturated carbocycles. The van der Waals surface area contributed by atoms with E-state index in [1.807, 2.05) is 73.7 Å². The van der Waals surface area contributed by atoms with Gasteiger partial charge < -0.3 is 10.2 Å². The van der Waals surface area contributed by atoms with Crippen molar-refractivity contribution < 1.29 is 4.42 Å². The average molecular weight is 489 g/mol. The molecule has 0 unspecified atom stereocenters. The molecule has 0 spiro atoms. The maximum atomic E-state index is 6.49. The Morgan fingerprint density at radius 3 is 2.22 bits per heavy atom. The van der Waals surface area contributed by atoms with Crippen molar-refractivity contribution in [1.82, 2.24) is 15.0 Å². The largest absolute Gasteiger partial charge is 0.439 e. The Kier molecular flexibility index (Phi) is 5.47. The zero-order valence-corrected chi connectivity index (χ0v) is 20.2. The predicted molar refractivity (Wildman–Crippen MR) is 148 cm³/mol. The molecule has 174 valence electrons. The lowest BCUT2D eigenvalue weighted by Crippen LogP contribution is -2.00. The van der Waals surface area contributed by atoms with E-state index >= 15 is 0 Å². The molecule has 2 heterocycles. The van der Waals surface area contributed by atoms with E-state index in [-0.39, 0.29) is 0 Å². The van der Waals surface area contributed by atoms with Crippen LogP contribution in [0, 0.1) is 0 Å². The van der Waals surface area contributed by atoms with Crippen LogP contribution in [-0.4, -0.2) is 15.0 Å². The number of hydrogen-bond donors (Lipinski definition) is 1. The lowest BCUT2D eigenvalue weighted by molar-refractivity contribution is 0.637. The van der Waals surface area contributed by atoms with Crippen molar-refractivity contribution in [3.05, 3.63) is 102 Å². The van der Waals surface area contributed by atoms with Crippen molar-refractivity contribution in [2.24, 2.45) is 0 Å². The molecule has 0 fully saturated rings. The highest BCUT2D eigenvalue weighted by Crippen LogP contribution is 2.40. The van der Waals surface area contributed by atoms with Crippen LogP contribution in [0.2, 0.25) is 5.02 Å². The predicted octanol–water partition coefficient (Wildman–Crippen LogP) is 8.04. The number of nitrogens with zero attached hydrogens (tertiary/aromatic N) is 3. The molecule has 0 aliphatic heterocycles. The van der Waals surface area contributed by atoms with Crippen molar-refractivity contribution >= 4 is 45.3 Å². The lowest BCUT2D eigenvalue weighted by atomic mass is 10.0. The molecule has 2 N–H and O–H groups in total. The third-order valence-corrected chi connectivity index (χ3v) is 6.40. The number of allylic oxidation sites excluding steroid dienone is 1. The van der Waals surface area contributed by atoms with Gasteiger partial charge in [0.1, 0.15) is 0 Å². The van der Waals surface area contributed by atoms with E-state index < -0.39 is 0 Å². The first-order valence-electron chi connectivity index (χ1n) is 11.6. The fourth-order valence-corrected chi connectivity index (χ4v) is 4.60. The number of nitrogen functional groups attached to an aromatic ring is 1. The highest BCUT2D eigenvalue weighted by atomic mass is 35.5. The van der Waals surface area contributed by atoms with E-state index in [0.717, 1.165) is 38.4 Å². The summed E-state index contributed by atoms with van der Waals surface area (Å²) in [4.78, 5) is 14.7. The van der Waals surface area contributed by atoms with Gasteiger partial charge in [-0.1, -0.05) is 90.5 Å². The van der Waals surface area contributed by atoms with E-state index in [1.165, 1.54) is 0 Å². The van der Waals surface area contributed by atoms with Gasteiger partial charge >= 0.3 is 0 Å². The van der Waals surface area contributed by atoms with Crippen molar-refractivity contribution in [3.8, 4) is 34.2 Å². The second-order valence-corrected chi connectivity index (χ2v) is 8.82. The Balaban J connectivity index is 1.64. The standard InChI is InChI=1S/C30H21ClN4O/c1-2-8-22-25-23(15-16-24(31)26(25)36-27(22)32)30-34-28(19-10-4-3-5-11-19)33-29(35-30)21-14-13-18-9-6-7-12-20(18)17-21/h2-17H,32H2,1H3/b8-2-. The van der Waals surface area contributed by atoms with Gasteiger partial charge in [-0.25, -0.2) is 15.0 Å². The summed E-state index contributed by atoms with van der Waals surface area (Å²) in [6, 6.07) is 28.0. The third kappa shape index (κ3) is 3.80. The van der Waals surface area contributed by atoms with Crippen LogP contribution in [0.5, 0.6) is 0 Å². The first-order valence-corrected chi connectivity index (χ1v) is 11.9. The number of hydrogen-bond acceptors (Lipinski definition) is 5. The van der Waals surface area contributed by atoms with E-state index in [2.05, 4.69) is 24.3 Å². The molecular weight excluding hydrogens is 468 g/mol. The van der Waals surface area contributed by atoms with Gasteiger partial charge in [-0.3, -0.25) is 0 Å². The summed E-state index contributed by atoms with van der Waals surface area (Å²) in [6.45, 7) is 1.93. The first kappa shape index (κ1) is 22.0. The van der Waals surface area contributed by atoms with E-state index in [0.29, 0.717) is 34.0 Å². The van der Waals surface area contributed by atoms with Crippen molar-refractivity contribution in [3.63, 3.8) is 0 Å². The molecule has 5 nitrogen and oxygen atoms in total. The van der Waals surface area contributed by atoms with E-state index in [9.17, 15) is 0 Å². The molecule has 6 aromatic rings.